The maximum atomic E-state index is 13.1. The van der Waals surface area contributed by atoms with Gasteiger partial charge in [0.05, 0.1) is 11.0 Å². The fourth-order valence-corrected chi connectivity index (χ4v) is 3.02. The second-order valence-electron chi connectivity index (χ2n) is 6.40. The van der Waals surface area contributed by atoms with E-state index in [0.717, 1.165) is 28.4 Å². The summed E-state index contributed by atoms with van der Waals surface area (Å²) in [7, 11) is 0. The van der Waals surface area contributed by atoms with Crippen LogP contribution in [-0.4, -0.2) is 22.7 Å². The molecule has 4 aromatic rings. The number of nitrogens with zero attached hydrogens (tertiary/aromatic N) is 2. The summed E-state index contributed by atoms with van der Waals surface area (Å²) in [6.07, 6.45) is 1.82. The van der Waals surface area contributed by atoms with E-state index in [1.165, 1.54) is 12.1 Å². The van der Waals surface area contributed by atoms with E-state index in [1.54, 1.807) is 0 Å². The van der Waals surface area contributed by atoms with E-state index in [9.17, 15) is 8.78 Å². The molecule has 0 spiro atoms. The van der Waals surface area contributed by atoms with Crippen molar-refractivity contribution in [1.29, 1.82) is 0 Å². The average molecular weight is 379 g/mol. The molecule has 0 aliphatic heterocycles. The van der Waals surface area contributed by atoms with Gasteiger partial charge in [0.15, 0.2) is 0 Å². The van der Waals surface area contributed by atoms with Gasteiger partial charge in [-0.1, -0.05) is 24.3 Å². The molecule has 1 aromatic heterocycles. The number of fused-ring (bicyclic) bond motifs is 1. The van der Waals surface area contributed by atoms with Crippen molar-refractivity contribution in [3.63, 3.8) is 0 Å². The minimum atomic E-state index is -0.645. The normalized spacial score (nSPS) is 11.1. The van der Waals surface area contributed by atoms with Crippen LogP contribution >= 0.6 is 0 Å². The Bertz CT molecular complexity index is 1060. The van der Waals surface area contributed by atoms with Crippen molar-refractivity contribution >= 4 is 11.0 Å². The van der Waals surface area contributed by atoms with Crippen molar-refractivity contribution in [2.45, 2.75) is 6.54 Å². The van der Waals surface area contributed by atoms with Gasteiger partial charge in [-0.25, -0.2) is 13.8 Å². The number of imidazole rings is 1. The molecular formula is C22H19F2N3O. The summed E-state index contributed by atoms with van der Waals surface area (Å²) in [6.45, 7) is 1.56. The Morgan fingerprint density at radius 1 is 0.929 bits per heavy atom. The highest BCUT2D eigenvalue weighted by Crippen LogP contribution is 2.18. The van der Waals surface area contributed by atoms with E-state index in [1.807, 2.05) is 30.6 Å². The number of ether oxygens (including phenoxy) is 1. The van der Waals surface area contributed by atoms with Gasteiger partial charge in [0.1, 0.15) is 30.3 Å². The maximum Gasteiger partial charge on any atom is 0.129 e. The molecule has 0 amide bonds. The van der Waals surface area contributed by atoms with E-state index in [4.69, 9.17) is 4.74 Å². The summed E-state index contributed by atoms with van der Waals surface area (Å²) in [4.78, 5) is 4.41. The van der Waals surface area contributed by atoms with Crippen molar-refractivity contribution in [3.8, 4) is 11.4 Å². The third-order valence-electron chi connectivity index (χ3n) is 4.38. The van der Waals surface area contributed by atoms with Crippen LogP contribution < -0.4 is 10.1 Å². The maximum absolute atomic E-state index is 13.1. The number of aromatic nitrogens is 2. The van der Waals surface area contributed by atoms with E-state index in [0.29, 0.717) is 19.7 Å². The van der Waals surface area contributed by atoms with Crippen LogP contribution in [0.2, 0.25) is 0 Å². The molecule has 1 heterocycles. The first-order valence-electron chi connectivity index (χ1n) is 9.00. The lowest BCUT2D eigenvalue weighted by Crippen LogP contribution is -2.20. The summed E-state index contributed by atoms with van der Waals surface area (Å²) in [6, 6.07) is 19.4. The standard InChI is InChI=1S/C22H19F2N3O/c23-17-11-18(24)13-20(12-17)28-10-9-25-14-16-5-7-19(8-6-16)27-15-26-21-3-1-2-4-22(21)27/h1-8,11-13,15,25H,9-10,14H2. The van der Waals surface area contributed by atoms with E-state index in [-0.39, 0.29) is 5.75 Å². The monoisotopic (exact) mass is 379 g/mol. The summed E-state index contributed by atoms with van der Waals surface area (Å²) >= 11 is 0. The van der Waals surface area contributed by atoms with Crippen molar-refractivity contribution in [1.82, 2.24) is 14.9 Å². The number of para-hydroxylation sites is 2. The third kappa shape index (κ3) is 4.18. The Hall–Kier alpha value is -3.25. The number of hydrogen-bond donors (Lipinski definition) is 1. The first-order chi connectivity index (χ1) is 13.7. The largest absolute Gasteiger partial charge is 0.492 e. The SMILES string of the molecule is Fc1cc(F)cc(OCCNCc2ccc(-n3cnc4ccccc43)cc2)c1. The fraction of sp³-hybridized carbons (Fsp3) is 0.136. The smallest absolute Gasteiger partial charge is 0.129 e. The van der Waals surface area contributed by atoms with Crippen LogP contribution in [0.4, 0.5) is 8.78 Å². The second kappa shape index (κ2) is 8.19. The Kier molecular flexibility index (Phi) is 5.30. The molecule has 0 radical (unpaired) electrons. The first-order valence-corrected chi connectivity index (χ1v) is 9.00. The zero-order chi connectivity index (χ0) is 19.3. The molecule has 0 unspecified atom stereocenters. The molecule has 1 N–H and O–H groups in total. The molecule has 4 nitrogen and oxygen atoms in total. The fourth-order valence-electron chi connectivity index (χ4n) is 3.02. The van der Waals surface area contributed by atoms with Crippen molar-refractivity contribution < 1.29 is 13.5 Å². The van der Waals surface area contributed by atoms with Crippen LogP contribution in [0.25, 0.3) is 16.7 Å². The minimum Gasteiger partial charge on any atom is -0.492 e. The summed E-state index contributed by atoms with van der Waals surface area (Å²) in [5.41, 5.74) is 4.21. The van der Waals surface area contributed by atoms with E-state index < -0.39 is 11.6 Å². The molecule has 4 rings (SSSR count). The van der Waals surface area contributed by atoms with E-state index >= 15 is 0 Å². The highest BCUT2D eigenvalue weighted by molar-refractivity contribution is 5.77. The predicted octanol–water partition coefficient (Wildman–Crippen LogP) is 4.47. The molecule has 3 aromatic carbocycles. The predicted molar refractivity (Wildman–Crippen MR) is 105 cm³/mol. The van der Waals surface area contributed by atoms with Crippen LogP contribution in [0.3, 0.4) is 0 Å². The molecule has 6 heteroatoms. The lowest BCUT2D eigenvalue weighted by molar-refractivity contribution is 0.310. The molecule has 0 bridgehead atoms. The van der Waals surface area contributed by atoms with Crippen molar-refractivity contribution in [2.24, 2.45) is 0 Å². The van der Waals surface area contributed by atoms with Crippen LogP contribution in [-0.2, 0) is 6.54 Å². The lowest BCUT2D eigenvalue weighted by atomic mass is 10.2. The Balaban J connectivity index is 1.29. The molecule has 28 heavy (non-hydrogen) atoms. The van der Waals surface area contributed by atoms with Gasteiger partial charge in [0, 0.05) is 37.0 Å². The number of nitrogens with one attached hydrogen (secondary N) is 1. The van der Waals surface area contributed by atoms with Gasteiger partial charge in [-0.3, -0.25) is 4.57 Å². The van der Waals surface area contributed by atoms with Gasteiger partial charge in [0.25, 0.3) is 0 Å². The first kappa shape index (κ1) is 18.1. The number of benzene rings is 3. The van der Waals surface area contributed by atoms with Gasteiger partial charge >= 0.3 is 0 Å². The topological polar surface area (TPSA) is 39.1 Å². The summed E-state index contributed by atoms with van der Waals surface area (Å²) in [5, 5.41) is 3.25. The van der Waals surface area contributed by atoms with Crippen molar-refractivity contribution in [2.75, 3.05) is 13.2 Å². The number of rotatable bonds is 7. The van der Waals surface area contributed by atoms with Crippen LogP contribution in [0.5, 0.6) is 5.75 Å². The molecule has 142 valence electrons. The minimum absolute atomic E-state index is 0.191. The zero-order valence-electron chi connectivity index (χ0n) is 15.1. The van der Waals surface area contributed by atoms with Gasteiger partial charge in [-0.2, -0.15) is 0 Å². The van der Waals surface area contributed by atoms with Gasteiger partial charge in [-0.05, 0) is 29.8 Å². The molecule has 0 aliphatic rings. The number of halogens is 2. The van der Waals surface area contributed by atoms with Crippen LogP contribution in [0.1, 0.15) is 5.56 Å². The van der Waals surface area contributed by atoms with Gasteiger partial charge in [0.2, 0.25) is 0 Å². The quantitative estimate of drug-likeness (QED) is 0.482. The molecule has 0 atom stereocenters. The zero-order valence-corrected chi connectivity index (χ0v) is 15.1. The molecule has 0 saturated carbocycles. The van der Waals surface area contributed by atoms with Crippen LogP contribution in [0, 0.1) is 11.6 Å². The Morgan fingerprint density at radius 3 is 2.46 bits per heavy atom. The van der Waals surface area contributed by atoms with Crippen molar-refractivity contribution in [3.05, 3.63) is 90.3 Å². The Morgan fingerprint density at radius 2 is 1.68 bits per heavy atom. The van der Waals surface area contributed by atoms with Crippen LogP contribution in [0.15, 0.2) is 73.1 Å². The molecule has 0 fully saturated rings. The van der Waals surface area contributed by atoms with Gasteiger partial charge in [-0.15, -0.1) is 0 Å². The lowest BCUT2D eigenvalue weighted by Gasteiger charge is -2.09. The van der Waals surface area contributed by atoms with Gasteiger partial charge < -0.3 is 10.1 Å². The molecule has 0 saturated heterocycles. The highest BCUT2D eigenvalue weighted by atomic mass is 19.1. The second-order valence-corrected chi connectivity index (χ2v) is 6.40. The Labute approximate surface area is 161 Å². The third-order valence-corrected chi connectivity index (χ3v) is 4.38. The van der Waals surface area contributed by atoms with E-state index in [2.05, 4.69) is 39.1 Å². The summed E-state index contributed by atoms with van der Waals surface area (Å²) < 4.78 is 33.6. The number of hydrogen-bond acceptors (Lipinski definition) is 3. The summed E-state index contributed by atoms with van der Waals surface area (Å²) in [5.74, 6) is -1.10. The highest BCUT2D eigenvalue weighted by Gasteiger charge is 2.04. The molecular weight excluding hydrogens is 360 g/mol. The average Bonchev–Trinajstić information content (AvgIpc) is 3.12. The molecule has 0 aliphatic carbocycles.